The number of benzene rings is 1. The second-order valence-corrected chi connectivity index (χ2v) is 7.13. The van der Waals surface area contributed by atoms with Crippen LogP contribution in [0.2, 0.25) is 5.02 Å². The molecule has 1 aliphatic rings. The van der Waals surface area contributed by atoms with E-state index in [2.05, 4.69) is 26.0 Å². The van der Waals surface area contributed by atoms with Gasteiger partial charge in [0.25, 0.3) is 0 Å². The van der Waals surface area contributed by atoms with Gasteiger partial charge in [-0.1, -0.05) is 17.7 Å². The van der Waals surface area contributed by atoms with Crippen molar-refractivity contribution in [2.24, 2.45) is 0 Å². The summed E-state index contributed by atoms with van der Waals surface area (Å²) in [7, 11) is -3.57. The molecule has 108 valence electrons. The maximum Gasteiger partial charge on any atom is 0.242 e. The van der Waals surface area contributed by atoms with E-state index < -0.39 is 10.0 Å². The fourth-order valence-corrected chi connectivity index (χ4v) is 4.23. The fourth-order valence-electron chi connectivity index (χ4n) is 1.93. The summed E-state index contributed by atoms with van der Waals surface area (Å²) < 4.78 is 27.7. The van der Waals surface area contributed by atoms with E-state index in [1.165, 1.54) is 6.07 Å². The van der Waals surface area contributed by atoms with Crippen LogP contribution >= 0.6 is 39.9 Å². The van der Waals surface area contributed by atoms with Crippen LogP contribution in [0.5, 0.6) is 0 Å². The van der Waals surface area contributed by atoms with Crippen molar-refractivity contribution in [1.82, 2.24) is 10.0 Å². The largest absolute Gasteiger partial charge is 0.315 e. The summed E-state index contributed by atoms with van der Waals surface area (Å²) in [5.74, 6) is 0. The Morgan fingerprint density at radius 2 is 2.16 bits per heavy atom. The van der Waals surface area contributed by atoms with Gasteiger partial charge in [0, 0.05) is 17.1 Å². The third kappa shape index (κ3) is 4.31. The molecule has 1 atom stereocenters. The monoisotopic (exact) mass is 388 g/mol. The molecule has 0 aliphatic carbocycles. The summed E-state index contributed by atoms with van der Waals surface area (Å²) in [6, 6.07) is 4.80. The quantitative estimate of drug-likeness (QED) is 0.835. The molecule has 2 rings (SSSR count). The molecule has 1 aromatic rings. The Morgan fingerprint density at radius 1 is 1.42 bits per heavy atom. The van der Waals surface area contributed by atoms with Crippen LogP contribution in [-0.2, 0) is 10.0 Å². The molecule has 1 heterocycles. The van der Waals surface area contributed by atoms with Gasteiger partial charge in [-0.3, -0.25) is 0 Å². The first-order valence-electron chi connectivity index (χ1n) is 5.68. The highest BCUT2D eigenvalue weighted by Crippen LogP contribution is 2.29. The van der Waals surface area contributed by atoms with Gasteiger partial charge in [-0.05, 0) is 47.4 Å². The van der Waals surface area contributed by atoms with E-state index in [1.54, 1.807) is 12.1 Å². The minimum absolute atomic E-state index is 0. The molecule has 0 amide bonds. The SMILES string of the molecule is Cl.O=S(=O)(NC1CCCNC1)c1cccc(Br)c1Cl. The van der Waals surface area contributed by atoms with Crippen molar-refractivity contribution in [3.8, 4) is 0 Å². The topological polar surface area (TPSA) is 58.2 Å². The Kier molecular flexibility index (Phi) is 6.56. The van der Waals surface area contributed by atoms with Gasteiger partial charge in [-0.25, -0.2) is 13.1 Å². The van der Waals surface area contributed by atoms with Gasteiger partial charge in [0.2, 0.25) is 10.0 Å². The van der Waals surface area contributed by atoms with Crippen LogP contribution in [0.1, 0.15) is 12.8 Å². The third-order valence-corrected chi connectivity index (χ3v) is 5.80. The summed E-state index contributed by atoms with van der Waals surface area (Å²) in [4.78, 5) is 0.115. The number of hydrogen-bond donors (Lipinski definition) is 2. The lowest BCUT2D eigenvalue weighted by Crippen LogP contribution is -2.45. The predicted octanol–water partition coefficient (Wildman–Crippen LogP) is 2.55. The molecule has 2 N–H and O–H groups in total. The zero-order valence-electron chi connectivity index (χ0n) is 10.0. The second kappa shape index (κ2) is 7.24. The average Bonchev–Trinajstić information content (AvgIpc) is 2.33. The van der Waals surface area contributed by atoms with E-state index in [9.17, 15) is 8.42 Å². The van der Waals surface area contributed by atoms with Gasteiger partial charge in [0.1, 0.15) is 4.90 Å². The summed E-state index contributed by atoms with van der Waals surface area (Å²) >= 11 is 9.24. The fraction of sp³-hybridized carbons (Fsp3) is 0.455. The third-order valence-electron chi connectivity index (χ3n) is 2.82. The van der Waals surface area contributed by atoms with Gasteiger partial charge >= 0.3 is 0 Å². The molecule has 1 aliphatic heterocycles. The highest BCUT2D eigenvalue weighted by molar-refractivity contribution is 9.10. The normalized spacial score (nSPS) is 19.8. The van der Waals surface area contributed by atoms with Crippen LogP contribution in [0, 0.1) is 0 Å². The number of hydrogen-bond acceptors (Lipinski definition) is 3. The van der Waals surface area contributed by atoms with Crippen LogP contribution in [0.15, 0.2) is 27.6 Å². The first kappa shape index (κ1) is 17.2. The van der Waals surface area contributed by atoms with E-state index >= 15 is 0 Å². The van der Waals surface area contributed by atoms with E-state index in [1.807, 2.05) is 0 Å². The highest BCUT2D eigenvalue weighted by atomic mass is 79.9. The minimum atomic E-state index is -3.57. The Morgan fingerprint density at radius 3 is 2.79 bits per heavy atom. The second-order valence-electron chi connectivity index (χ2n) is 4.22. The van der Waals surface area contributed by atoms with Gasteiger partial charge in [-0.2, -0.15) is 0 Å². The first-order chi connectivity index (χ1) is 8.50. The molecule has 4 nitrogen and oxygen atoms in total. The lowest BCUT2D eigenvalue weighted by atomic mass is 10.1. The molecule has 1 aromatic carbocycles. The molecular formula is C11H15BrCl2N2O2S. The van der Waals surface area contributed by atoms with Crippen LogP contribution in [-0.4, -0.2) is 27.5 Å². The standard InChI is InChI=1S/C11H14BrClN2O2S.ClH/c12-9-4-1-5-10(11(9)13)18(16,17)15-8-3-2-6-14-7-8;/h1,4-5,8,14-15H,2-3,6-7H2;1H. The Labute approximate surface area is 132 Å². The zero-order valence-corrected chi connectivity index (χ0v) is 14.0. The Balaban J connectivity index is 0.00000180. The van der Waals surface area contributed by atoms with Crippen LogP contribution in [0.3, 0.4) is 0 Å². The van der Waals surface area contributed by atoms with E-state index in [4.69, 9.17) is 11.6 Å². The minimum Gasteiger partial charge on any atom is -0.315 e. The Bertz CT molecular complexity index is 533. The molecule has 0 bridgehead atoms. The molecular weight excluding hydrogens is 375 g/mol. The maximum absolute atomic E-state index is 12.2. The number of sulfonamides is 1. The van der Waals surface area contributed by atoms with Gasteiger partial charge < -0.3 is 5.32 Å². The summed E-state index contributed by atoms with van der Waals surface area (Å²) in [6.07, 6.45) is 1.82. The number of rotatable bonds is 3. The van der Waals surface area contributed by atoms with Crippen molar-refractivity contribution >= 4 is 50.0 Å². The molecule has 0 saturated carbocycles. The molecule has 19 heavy (non-hydrogen) atoms. The molecule has 0 radical (unpaired) electrons. The molecule has 0 aromatic heterocycles. The van der Waals surface area contributed by atoms with Crippen LogP contribution in [0.4, 0.5) is 0 Å². The van der Waals surface area contributed by atoms with Crippen molar-refractivity contribution in [3.63, 3.8) is 0 Å². The van der Waals surface area contributed by atoms with Crippen LogP contribution < -0.4 is 10.0 Å². The summed E-state index contributed by atoms with van der Waals surface area (Å²) in [5.41, 5.74) is 0. The predicted molar refractivity (Wildman–Crippen MR) is 82.6 cm³/mol. The molecule has 0 spiro atoms. The molecule has 1 fully saturated rings. The van der Waals surface area contributed by atoms with Gasteiger partial charge in [-0.15, -0.1) is 12.4 Å². The number of nitrogens with one attached hydrogen (secondary N) is 2. The van der Waals surface area contributed by atoms with Gasteiger partial charge in [0.15, 0.2) is 0 Å². The van der Waals surface area contributed by atoms with Crippen molar-refractivity contribution in [1.29, 1.82) is 0 Å². The lowest BCUT2D eigenvalue weighted by molar-refractivity contribution is 0.428. The van der Waals surface area contributed by atoms with E-state index in [0.29, 0.717) is 11.0 Å². The van der Waals surface area contributed by atoms with Crippen LogP contribution in [0.25, 0.3) is 0 Å². The van der Waals surface area contributed by atoms with Crippen molar-refractivity contribution in [2.45, 2.75) is 23.8 Å². The van der Waals surface area contributed by atoms with Gasteiger partial charge in [0.05, 0.1) is 5.02 Å². The molecule has 8 heteroatoms. The van der Waals surface area contributed by atoms with E-state index in [0.717, 1.165) is 19.4 Å². The zero-order chi connectivity index (χ0) is 13.2. The Hall–Kier alpha value is 0.150. The maximum atomic E-state index is 12.2. The summed E-state index contributed by atoms with van der Waals surface area (Å²) in [6.45, 7) is 1.60. The number of piperidine rings is 1. The number of halogens is 3. The highest BCUT2D eigenvalue weighted by Gasteiger charge is 2.24. The summed E-state index contributed by atoms with van der Waals surface area (Å²) in [5, 5.41) is 3.38. The van der Waals surface area contributed by atoms with E-state index in [-0.39, 0.29) is 28.4 Å². The molecule has 1 unspecified atom stereocenters. The van der Waals surface area contributed by atoms with Crippen molar-refractivity contribution in [2.75, 3.05) is 13.1 Å². The first-order valence-corrected chi connectivity index (χ1v) is 8.33. The molecule has 1 saturated heterocycles. The average molecular weight is 390 g/mol. The smallest absolute Gasteiger partial charge is 0.242 e. The van der Waals surface area contributed by atoms with Crippen molar-refractivity contribution in [3.05, 3.63) is 27.7 Å². The lowest BCUT2D eigenvalue weighted by Gasteiger charge is -2.23. The van der Waals surface area contributed by atoms with Crippen molar-refractivity contribution < 1.29 is 8.42 Å².